The standard InChI is InChI=1S/C20H25NO2/c1-2-3-4-5-6-10-16-23-20(22)19(17-21)15-11-14-18-12-8-7-9-13-18/h7-9,11-15H,2-6,10,16H2,1H3. The number of esters is 1. The second kappa shape index (κ2) is 12.2. The highest BCUT2D eigenvalue weighted by Gasteiger charge is 2.08. The van der Waals surface area contributed by atoms with Crippen LogP contribution in [0.5, 0.6) is 0 Å². The van der Waals surface area contributed by atoms with E-state index in [1.54, 1.807) is 6.08 Å². The highest BCUT2D eigenvalue weighted by atomic mass is 16.5. The molecule has 0 fully saturated rings. The Bertz CT molecular complexity index is 553. The molecule has 0 atom stereocenters. The number of allylic oxidation sites excluding steroid dienone is 2. The fourth-order valence-corrected chi connectivity index (χ4v) is 2.10. The Morgan fingerprint density at radius 2 is 1.83 bits per heavy atom. The van der Waals surface area contributed by atoms with Gasteiger partial charge in [0.25, 0.3) is 0 Å². The van der Waals surface area contributed by atoms with E-state index in [-0.39, 0.29) is 5.57 Å². The molecule has 0 N–H and O–H groups in total. The first-order valence-electron chi connectivity index (χ1n) is 8.28. The number of carbonyl (C=O) groups excluding carboxylic acids is 1. The monoisotopic (exact) mass is 311 g/mol. The smallest absolute Gasteiger partial charge is 0.348 e. The zero-order valence-corrected chi connectivity index (χ0v) is 13.8. The van der Waals surface area contributed by atoms with Gasteiger partial charge in [-0.25, -0.2) is 4.79 Å². The van der Waals surface area contributed by atoms with Gasteiger partial charge in [0.15, 0.2) is 0 Å². The van der Waals surface area contributed by atoms with Crippen LogP contribution in [0.25, 0.3) is 6.08 Å². The number of ether oxygens (including phenoxy) is 1. The van der Waals surface area contributed by atoms with Crippen LogP contribution in [0.2, 0.25) is 0 Å². The normalized spacial score (nSPS) is 11.4. The maximum absolute atomic E-state index is 11.8. The molecule has 23 heavy (non-hydrogen) atoms. The van der Waals surface area contributed by atoms with Gasteiger partial charge in [0, 0.05) is 0 Å². The van der Waals surface area contributed by atoms with Gasteiger partial charge >= 0.3 is 5.97 Å². The molecule has 0 aromatic heterocycles. The van der Waals surface area contributed by atoms with Crippen LogP contribution in [0.3, 0.4) is 0 Å². The van der Waals surface area contributed by atoms with Crippen LogP contribution in [0.15, 0.2) is 48.1 Å². The molecule has 1 aromatic rings. The van der Waals surface area contributed by atoms with Crippen molar-refractivity contribution < 1.29 is 9.53 Å². The second-order valence-corrected chi connectivity index (χ2v) is 5.37. The molecule has 0 saturated carbocycles. The van der Waals surface area contributed by atoms with Crippen LogP contribution in [0.4, 0.5) is 0 Å². The fraction of sp³-hybridized carbons (Fsp3) is 0.400. The van der Waals surface area contributed by atoms with Gasteiger partial charge in [-0.2, -0.15) is 5.26 Å². The molecule has 1 rings (SSSR count). The second-order valence-electron chi connectivity index (χ2n) is 5.37. The molecule has 122 valence electrons. The lowest BCUT2D eigenvalue weighted by Crippen LogP contribution is -2.07. The summed E-state index contributed by atoms with van der Waals surface area (Å²) in [5.74, 6) is -0.543. The quantitative estimate of drug-likeness (QED) is 0.200. The first-order valence-corrected chi connectivity index (χ1v) is 8.28. The molecule has 0 saturated heterocycles. The van der Waals surface area contributed by atoms with Gasteiger partial charge in [-0.3, -0.25) is 0 Å². The van der Waals surface area contributed by atoms with E-state index in [1.165, 1.54) is 31.8 Å². The van der Waals surface area contributed by atoms with E-state index >= 15 is 0 Å². The SMILES string of the molecule is CCCCCCCCOC(=O)C(C#N)=CC=Cc1ccccc1. The van der Waals surface area contributed by atoms with Gasteiger partial charge in [-0.15, -0.1) is 0 Å². The minimum Gasteiger partial charge on any atom is -0.462 e. The number of rotatable bonds is 10. The van der Waals surface area contributed by atoms with Crippen molar-refractivity contribution in [2.45, 2.75) is 45.4 Å². The third-order valence-electron chi connectivity index (χ3n) is 3.42. The number of benzene rings is 1. The van der Waals surface area contributed by atoms with Gasteiger partial charge in [0.2, 0.25) is 0 Å². The number of hydrogen-bond donors (Lipinski definition) is 0. The summed E-state index contributed by atoms with van der Waals surface area (Å²) >= 11 is 0. The van der Waals surface area contributed by atoms with Crippen molar-refractivity contribution >= 4 is 12.0 Å². The third kappa shape index (κ3) is 8.63. The van der Waals surface area contributed by atoms with E-state index in [1.807, 2.05) is 42.5 Å². The summed E-state index contributed by atoms with van der Waals surface area (Å²) in [6, 6.07) is 11.6. The molecule has 0 heterocycles. The van der Waals surface area contributed by atoms with E-state index in [0.717, 1.165) is 18.4 Å². The van der Waals surface area contributed by atoms with Crippen LogP contribution >= 0.6 is 0 Å². The van der Waals surface area contributed by atoms with E-state index in [2.05, 4.69) is 6.92 Å². The van der Waals surface area contributed by atoms with Crippen molar-refractivity contribution in [1.29, 1.82) is 5.26 Å². The Morgan fingerprint density at radius 1 is 1.13 bits per heavy atom. The van der Waals surface area contributed by atoms with Gasteiger partial charge in [-0.05, 0) is 18.1 Å². The predicted molar refractivity (Wildman–Crippen MR) is 93.5 cm³/mol. The zero-order valence-electron chi connectivity index (χ0n) is 13.8. The van der Waals surface area contributed by atoms with Gasteiger partial charge in [0.05, 0.1) is 6.61 Å². The van der Waals surface area contributed by atoms with Crippen molar-refractivity contribution in [3.63, 3.8) is 0 Å². The molecule has 0 unspecified atom stereocenters. The first-order chi connectivity index (χ1) is 11.3. The van der Waals surface area contributed by atoms with Crippen molar-refractivity contribution in [3.05, 3.63) is 53.6 Å². The molecule has 0 spiro atoms. The summed E-state index contributed by atoms with van der Waals surface area (Å²) in [4.78, 5) is 11.8. The van der Waals surface area contributed by atoms with Crippen LogP contribution in [-0.2, 0) is 9.53 Å². The molecule has 1 aromatic carbocycles. The van der Waals surface area contributed by atoms with Crippen LogP contribution in [0, 0.1) is 11.3 Å². The summed E-state index contributed by atoms with van der Waals surface area (Å²) in [5, 5.41) is 9.04. The van der Waals surface area contributed by atoms with E-state index in [9.17, 15) is 4.79 Å². The Balaban J connectivity index is 2.33. The Hall–Kier alpha value is -2.34. The molecule has 0 aliphatic carbocycles. The lowest BCUT2D eigenvalue weighted by Gasteiger charge is -2.03. The number of nitriles is 1. The van der Waals surface area contributed by atoms with Crippen molar-refractivity contribution in [1.82, 2.24) is 0 Å². The topological polar surface area (TPSA) is 50.1 Å². The van der Waals surface area contributed by atoms with Crippen molar-refractivity contribution in [3.8, 4) is 6.07 Å². The van der Waals surface area contributed by atoms with Crippen LogP contribution in [0.1, 0.15) is 51.0 Å². The maximum atomic E-state index is 11.8. The molecule has 0 amide bonds. The summed E-state index contributed by atoms with van der Waals surface area (Å²) in [7, 11) is 0. The largest absolute Gasteiger partial charge is 0.462 e. The molecular formula is C20H25NO2. The molecule has 0 aliphatic rings. The number of unbranched alkanes of at least 4 members (excludes halogenated alkanes) is 5. The van der Waals surface area contributed by atoms with E-state index in [0.29, 0.717) is 6.61 Å². The minimum absolute atomic E-state index is 0.0307. The lowest BCUT2D eigenvalue weighted by molar-refractivity contribution is -0.138. The molecular weight excluding hydrogens is 286 g/mol. The fourth-order valence-electron chi connectivity index (χ4n) is 2.10. The first kappa shape index (κ1) is 18.7. The number of carbonyl (C=O) groups is 1. The van der Waals surface area contributed by atoms with E-state index < -0.39 is 5.97 Å². The van der Waals surface area contributed by atoms with E-state index in [4.69, 9.17) is 10.00 Å². The number of nitrogens with zero attached hydrogens (tertiary/aromatic N) is 1. The number of hydrogen-bond acceptors (Lipinski definition) is 3. The molecule has 0 bridgehead atoms. The van der Waals surface area contributed by atoms with Crippen molar-refractivity contribution in [2.24, 2.45) is 0 Å². The Labute approximate surface area is 139 Å². The van der Waals surface area contributed by atoms with Gasteiger partial charge in [0.1, 0.15) is 11.6 Å². The average molecular weight is 311 g/mol. The average Bonchev–Trinajstić information content (AvgIpc) is 2.58. The van der Waals surface area contributed by atoms with Crippen LogP contribution < -0.4 is 0 Å². The third-order valence-corrected chi connectivity index (χ3v) is 3.42. The van der Waals surface area contributed by atoms with Gasteiger partial charge in [-0.1, -0.05) is 81.5 Å². The van der Waals surface area contributed by atoms with Gasteiger partial charge < -0.3 is 4.74 Å². The molecule has 0 radical (unpaired) electrons. The summed E-state index contributed by atoms with van der Waals surface area (Å²) in [6.45, 7) is 2.57. The van der Waals surface area contributed by atoms with Crippen LogP contribution in [-0.4, -0.2) is 12.6 Å². The highest BCUT2D eigenvalue weighted by Crippen LogP contribution is 2.07. The molecule has 3 nitrogen and oxygen atoms in total. The Kier molecular flexibility index (Phi) is 9.95. The summed E-state index contributed by atoms with van der Waals surface area (Å²) in [5.41, 5.74) is 1.05. The van der Waals surface area contributed by atoms with Crippen molar-refractivity contribution in [2.75, 3.05) is 6.61 Å². The predicted octanol–water partition coefficient (Wildman–Crippen LogP) is 5.05. The summed E-state index contributed by atoms with van der Waals surface area (Å²) < 4.78 is 5.14. The lowest BCUT2D eigenvalue weighted by atomic mass is 10.1. The maximum Gasteiger partial charge on any atom is 0.348 e. The zero-order chi connectivity index (χ0) is 16.8. The Morgan fingerprint density at radius 3 is 2.52 bits per heavy atom. The minimum atomic E-state index is -0.543. The molecule has 3 heteroatoms. The summed E-state index contributed by atoms with van der Waals surface area (Å²) in [6.07, 6.45) is 11.8. The highest BCUT2D eigenvalue weighted by molar-refractivity contribution is 5.93. The molecule has 0 aliphatic heterocycles.